The molecule has 3 fully saturated rings. The number of piperazine rings is 1. The molecule has 4 bridgehead atoms. The minimum Gasteiger partial charge on any atom is -0.504 e. The van der Waals surface area contributed by atoms with Crippen molar-refractivity contribution >= 4 is 29.6 Å². The molecule has 3 saturated heterocycles. The molecule has 3 N–H and O–H groups in total. The average molecular weight is 720 g/mol. The van der Waals surface area contributed by atoms with Crippen molar-refractivity contribution in [3.8, 4) is 34.8 Å². The second kappa shape index (κ2) is 12.8. The standard InChI is InChI=1S/C36H41N5O9S/c1-15-9-18-10-21-22(11-37)41-23-12-47-36(45)20(39-35(44)19-7-6-8-38-19)13-51-34(28(41)27(40(21)4)24(18)29(43)30(15)46-5)26-25(23)33-32(48-14-49-33)16(2)31(26)50-17(3)42/h9,19-23,27-28,34,38,43H,6-8,10,12-14H2,1-5H3,(H,39,44)/t19-,20?,21-,22-,23-,27+,28+,34+/m0/s1. The van der Waals surface area contributed by atoms with Gasteiger partial charge in [0.2, 0.25) is 12.7 Å². The summed E-state index contributed by atoms with van der Waals surface area (Å²) in [5.74, 6) is 0.394. The summed E-state index contributed by atoms with van der Waals surface area (Å²) in [6, 6.07) is 0.593. The molecule has 9 rings (SSSR count). The number of amides is 1. The Labute approximate surface area is 299 Å². The smallest absolute Gasteiger partial charge is 0.329 e. The van der Waals surface area contributed by atoms with Gasteiger partial charge in [0.25, 0.3) is 0 Å². The monoisotopic (exact) mass is 719 g/mol. The molecule has 8 atom stereocenters. The van der Waals surface area contributed by atoms with Crippen molar-refractivity contribution in [2.75, 3.05) is 39.9 Å². The molecule has 0 saturated carbocycles. The highest BCUT2D eigenvalue weighted by Gasteiger charge is 2.60. The van der Waals surface area contributed by atoms with E-state index in [0.29, 0.717) is 58.1 Å². The summed E-state index contributed by atoms with van der Waals surface area (Å²) in [6.07, 6.45) is 2.03. The number of methoxy groups -OCH3 is 1. The van der Waals surface area contributed by atoms with Crippen molar-refractivity contribution in [3.05, 3.63) is 39.4 Å². The van der Waals surface area contributed by atoms with E-state index in [9.17, 15) is 24.8 Å². The van der Waals surface area contributed by atoms with Crippen LogP contribution in [-0.4, -0.2) is 103 Å². The summed E-state index contributed by atoms with van der Waals surface area (Å²) >= 11 is 1.42. The number of nitriles is 1. The third-order valence-corrected chi connectivity index (χ3v) is 12.8. The zero-order chi connectivity index (χ0) is 35.9. The summed E-state index contributed by atoms with van der Waals surface area (Å²) < 4.78 is 29.9. The van der Waals surface area contributed by atoms with Crippen LogP contribution in [0.1, 0.15) is 70.5 Å². The Bertz CT molecular complexity index is 1880. The molecule has 0 spiro atoms. The van der Waals surface area contributed by atoms with Crippen molar-refractivity contribution in [2.45, 2.75) is 87.6 Å². The number of nitrogens with zero attached hydrogens (tertiary/aromatic N) is 3. The zero-order valence-electron chi connectivity index (χ0n) is 29.1. The van der Waals surface area contributed by atoms with Gasteiger partial charge in [-0.05, 0) is 57.8 Å². The van der Waals surface area contributed by atoms with Crippen molar-refractivity contribution in [1.29, 1.82) is 5.26 Å². The first kappa shape index (κ1) is 33.9. The summed E-state index contributed by atoms with van der Waals surface area (Å²) in [6.45, 7) is 5.54. The van der Waals surface area contributed by atoms with Crippen molar-refractivity contribution in [2.24, 2.45) is 0 Å². The predicted octanol–water partition coefficient (Wildman–Crippen LogP) is 2.47. The Kier molecular flexibility index (Phi) is 8.48. The molecule has 51 heavy (non-hydrogen) atoms. The highest BCUT2D eigenvalue weighted by molar-refractivity contribution is 7.99. The number of aromatic hydroxyl groups is 1. The maximum absolute atomic E-state index is 13.8. The number of hydrogen-bond acceptors (Lipinski definition) is 14. The summed E-state index contributed by atoms with van der Waals surface area (Å²) in [5.41, 5.74) is 4.32. The van der Waals surface area contributed by atoms with Gasteiger partial charge in [0.05, 0.1) is 36.6 Å². The van der Waals surface area contributed by atoms with Crippen LogP contribution in [0.4, 0.5) is 0 Å². The molecule has 270 valence electrons. The van der Waals surface area contributed by atoms with Crippen LogP contribution < -0.4 is 29.6 Å². The van der Waals surface area contributed by atoms with E-state index in [1.54, 1.807) is 0 Å². The van der Waals surface area contributed by atoms with Gasteiger partial charge in [-0.25, -0.2) is 4.79 Å². The number of likely N-dealkylation sites (N-methyl/N-ethyl adjacent to an activating group) is 1. The number of esters is 2. The molecular formula is C36H41N5O9S. The minimum absolute atomic E-state index is 0.0408. The summed E-state index contributed by atoms with van der Waals surface area (Å²) in [7, 11) is 3.50. The van der Waals surface area contributed by atoms with Crippen LogP contribution in [0, 0.1) is 25.2 Å². The van der Waals surface area contributed by atoms with Gasteiger partial charge in [0.15, 0.2) is 23.0 Å². The fraction of sp³-hybridized carbons (Fsp3) is 0.556. The highest BCUT2D eigenvalue weighted by atomic mass is 32.2. The van der Waals surface area contributed by atoms with Crippen molar-refractivity contribution < 1.29 is 43.2 Å². The van der Waals surface area contributed by atoms with Crippen molar-refractivity contribution in [1.82, 2.24) is 20.4 Å². The second-order valence-corrected chi connectivity index (χ2v) is 15.3. The fourth-order valence-electron chi connectivity index (χ4n) is 9.25. The second-order valence-electron chi connectivity index (χ2n) is 14.1. The first-order valence-electron chi connectivity index (χ1n) is 17.3. The Balaban J connectivity index is 1.36. The Morgan fingerprint density at radius 1 is 1.16 bits per heavy atom. The van der Waals surface area contributed by atoms with Crippen LogP contribution in [0.3, 0.4) is 0 Å². The Morgan fingerprint density at radius 3 is 2.65 bits per heavy atom. The molecule has 7 aliphatic rings. The maximum atomic E-state index is 13.8. The lowest BCUT2D eigenvalue weighted by Crippen LogP contribution is -2.69. The highest BCUT2D eigenvalue weighted by Crippen LogP contribution is 2.64. The third kappa shape index (κ3) is 5.13. The van der Waals surface area contributed by atoms with Gasteiger partial charge in [-0.3, -0.25) is 19.4 Å². The SMILES string of the molecule is COc1c(C)cc2c(c1O)[C@@H]1[C@@H]3[C@@H]4SCC(NC(=O)[C@@H]5CCCN5)C(=O)OC[C@@H](c5c6c(c(C)c(OC(C)=O)c54)OCO6)N3[C@@H](C#N)[C@H](C2)N1C. The van der Waals surface area contributed by atoms with Crippen LogP contribution in [0.5, 0.6) is 28.7 Å². The third-order valence-electron chi connectivity index (χ3n) is 11.4. The quantitative estimate of drug-likeness (QED) is 0.311. The number of phenolic OH excluding ortho intramolecular Hbond substituents is 1. The average Bonchev–Trinajstić information content (AvgIpc) is 3.81. The number of phenols is 1. The molecule has 14 nitrogen and oxygen atoms in total. The van der Waals surface area contributed by atoms with E-state index in [0.717, 1.165) is 24.1 Å². The molecule has 1 amide bonds. The van der Waals surface area contributed by atoms with Crippen LogP contribution in [0.25, 0.3) is 0 Å². The fourth-order valence-corrected chi connectivity index (χ4v) is 10.8. The lowest BCUT2D eigenvalue weighted by Gasteiger charge is -2.61. The van der Waals surface area contributed by atoms with Gasteiger partial charge in [-0.1, -0.05) is 6.07 Å². The van der Waals surface area contributed by atoms with Gasteiger partial charge in [0.1, 0.15) is 24.4 Å². The van der Waals surface area contributed by atoms with Gasteiger partial charge in [-0.2, -0.15) is 5.26 Å². The van der Waals surface area contributed by atoms with Crippen LogP contribution >= 0.6 is 11.8 Å². The maximum Gasteiger partial charge on any atom is 0.329 e. The molecular weight excluding hydrogens is 678 g/mol. The van der Waals surface area contributed by atoms with E-state index in [4.69, 9.17) is 23.7 Å². The normalized spacial score (nSPS) is 30.7. The lowest BCUT2D eigenvalue weighted by molar-refractivity contribution is -0.152. The van der Waals surface area contributed by atoms with Gasteiger partial charge in [0, 0.05) is 47.0 Å². The zero-order valence-corrected chi connectivity index (χ0v) is 29.9. The van der Waals surface area contributed by atoms with Crippen LogP contribution in [-0.2, 0) is 25.5 Å². The molecule has 2 aromatic carbocycles. The molecule has 0 aliphatic carbocycles. The van der Waals surface area contributed by atoms with E-state index in [1.165, 1.54) is 25.8 Å². The largest absolute Gasteiger partial charge is 0.504 e. The summed E-state index contributed by atoms with van der Waals surface area (Å²) in [4.78, 5) is 44.2. The number of rotatable bonds is 4. The van der Waals surface area contributed by atoms with Gasteiger partial charge < -0.3 is 39.4 Å². The number of hydrogen-bond donors (Lipinski definition) is 3. The Morgan fingerprint density at radius 2 is 1.94 bits per heavy atom. The van der Waals surface area contributed by atoms with Gasteiger partial charge in [-0.15, -0.1) is 11.8 Å². The van der Waals surface area contributed by atoms with E-state index in [2.05, 4.69) is 26.5 Å². The van der Waals surface area contributed by atoms with Crippen LogP contribution in [0.2, 0.25) is 0 Å². The molecule has 2 aromatic rings. The van der Waals surface area contributed by atoms with E-state index < -0.39 is 53.4 Å². The number of ether oxygens (including phenoxy) is 5. The minimum atomic E-state index is -0.968. The molecule has 15 heteroatoms. The number of thioether (sulfide) groups is 1. The number of nitrogens with one attached hydrogen (secondary N) is 2. The van der Waals surface area contributed by atoms with Crippen LogP contribution in [0.15, 0.2) is 6.07 Å². The predicted molar refractivity (Wildman–Crippen MR) is 183 cm³/mol. The molecule has 7 aliphatic heterocycles. The number of benzene rings is 2. The summed E-state index contributed by atoms with van der Waals surface area (Å²) in [5, 5.41) is 28.5. The molecule has 1 unspecified atom stereocenters. The Hall–Kier alpha value is -4.23. The van der Waals surface area contributed by atoms with Gasteiger partial charge >= 0.3 is 11.9 Å². The number of aryl methyl sites for hydroxylation is 1. The van der Waals surface area contributed by atoms with E-state index in [1.807, 2.05) is 27.0 Å². The lowest BCUT2D eigenvalue weighted by atomic mass is 9.71. The molecule has 7 heterocycles. The van der Waals surface area contributed by atoms with Crippen molar-refractivity contribution in [3.63, 3.8) is 0 Å². The molecule has 0 radical (unpaired) electrons. The number of carbonyl (C=O) groups excluding carboxylic acids is 3. The molecule has 0 aromatic heterocycles. The first-order valence-corrected chi connectivity index (χ1v) is 18.3. The number of carbonyl (C=O) groups is 3. The first-order chi connectivity index (χ1) is 24.5. The topological polar surface area (TPSA) is 172 Å². The number of fused-ring (bicyclic) bond motifs is 10. The van der Waals surface area contributed by atoms with E-state index in [-0.39, 0.29) is 36.9 Å². The van der Waals surface area contributed by atoms with E-state index >= 15 is 0 Å².